The number of hydrogen-bond donors (Lipinski definition) is 3. The second-order valence-electron chi connectivity index (χ2n) is 10.4. The number of rotatable bonds is 7. The number of aromatic nitrogens is 1. The summed E-state index contributed by atoms with van der Waals surface area (Å²) in [4.78, 5) is 29.3. The monoisotopic (exact) mass is 547 g/mol. The molecular weight excluding hydrogens is 514 g/mol. The number of halogens is 1. The zero-order valence-electron chi connectivity index (χ0n) is 21.7. The highest BCUT2D eigenvalue weighted by atomic mass is 35.5. The van der Waals surface area contributed by atoms with E-state index in [-0.39, 0.29) is 23.9 Å². The lowest BCUT2D eigenvalue weighted by Crippen LogP contribution is -2.53. The zero-order chi connectivity index (χ0) is 26.3. The fraction of sp³-hybridized carbons (Fsp3) is 0.556. The van der Waals surface area contributed by atoms with Crippen LogP contribution in [0.15, 0.2) is 21.8 Å². The van der Waals surface area contributed by atoms with E-state index < -0.39 is 5.79 Å². The second kappa shape index (κ2) is 10.5. The Morgan fingerprint density at radius 1 is 1.14 bits per heavy atom. The number of H-pyrrole nitrogens is 1. The van der Waals surface area contributed by atoms with E-state index in [9.17, 15) is 9.59 Å². The van der Waals surface area contributed by atoms with Crippen molar-refractivity contribution in [2.75, 3.05) is 19.5 Å². The number of aryl methyl sites for hydroxylation is 1. The van der Waals surface area contributed by atoms with Crippen LogP contribution in [0, 0.1) is 19.8 Å². The van der Waals surface area contributed by atoms with Gasteiger partial charge in [-0.3, -0.25) is 9.59 Å². The molecule has 1 aliphatic carbocycles. The van der Waals surface area contributed by atoms with Crippen molar-refractivity contribution in [1.82, 2.24) is 15.6 Å². The predicted octanol–water partition coefficient (Wildman–Crippen LogP) is 4.33. The van der Waals surface area contributed by atoms with E-state index in [4.69, 9.17) is 25.8 Å². The molecule has 8 nitrogen and oxygen atoms in total. The third-order valence-electron chi connectivity index (χ3n) is 7.75. The number of nitrogens with one attached hydrogen (secondary N) is 3. The standard InChI is InChI=1S/C27H34ClN3O5S/c1-14-9-22(37-4)20(26(33)30-14)11-29-25(32)19-10-21(28)24-23(15(19)2)35-27(3,36-24)16-5-7-17(8-6-16)31-18-12-34-13-18/h9-10,16-18,31H,5-8,11-13H2,1-4H3,(H,29,32)(H,30,33)/t16-,17+,27-/m0/s1. The fourth-order valence-electron chi connectivity index (χ4n) is 5.50. The van der Waals surface area contributed by atoms with Crippen LogP contribution in [0.1, 0.15) is 59.8 Å². The van der Waals surface area contributed by atoms with Crippen LogP contribution in [0.3, 0.4) is 0 Å². The van der Waals surface area contributed by atoms with Gasteiger partial charge in [0.2, 0.25) is 0 Å². The van der Waals surface area contributed by atoms with E-state index >= 15 is 0 Å². The van der Waals surface area contributed by atoms with Crippen LogP contribution in [0.5, 0.6) is 11.5 Å². The Labute approximate surface area is 226 Å². The number of carbonyl (C=O) groups is 1. The smallest absolute Gasteiger partial charge is 0.254 e. The average molecular weight is 548 g/mol. The van der Waals surface area contributed by atoms with Crippen molar-refractivity contribution in [3.8, 4) is 11.5 Å². The van der Waals surface area contributed by atoms with Crippen LogP contribution in [-0.2, 0) is 11.3 Å². The van der Waals surface area contributed by atoms with E-state index in [2.05, 4.69) is 15.6 Å². The van der Waals surface area contributed by atoms with Gasteiger partial charge in [-0.2, -0.15) is 0 Å². The maximum absolute atomic E-state index is 13.2. The molecule has 3 heterocycles. The lowest BCUT2D eigenvalue weighted by atomic mass is 9.81. The molecule has 0 bridgehead atoms. The molecule has 1 aromatic heterocycles. The topological polar surface area (TPSA) is 102 Å². The minimum atomic E-state index is -0.834. The quantitative estimate of drug-likeness (QED) is 0.443. The molecule has 2 aliphatic heterocycles. The van der Waals surface area contributed by atoms with Gasteiger partial charge >= 0.3 is 0 Å². The molecule has 10 heteroatoms. The Bertz CT molecular complexity index is 1260. The fourth-order valence-corrected chi connectivity index (χ4v) is 6.44. The molecule has 0 radical (unpaired) electrons. The summed E-state index contributed by atoms with van der Waals surface area (Å²) in [6, 6.07) is 4.49. The van der Waals surface area contributed by atoms with Crippen molar-refractivity contribution in [2.24, 2.45) is 5.92 Å². The lowest BCUT2D eigenvalue weighted by molar-refractivity contribution is -0.122. The maximum atomic E-state index is 13.2. The molecule has 3 N–H and O–H groups in total. The van der Waals surface area contributed by atoms with Crippen LogP contribution >= 0.6 is 23.4 Å². The van der Waals surface area contributed by atoms with E-state index in [1.807, 2.05) is 33.1 Å². The summed E-state index contributed by atoms with van der Waals surface area (Å²) in [5, 5.41) is 6.90. The zero-order valence-corrected chi connectivity index (χ0v) is 23.2. The van der Waals surface area contributed by atoms with Crippen molar-refractivity contribution in [3.05, 3.63) is 49.9 Å². The van der Waals surface area contributed by atoms with Crippen LogP contribution in [0.2, 0.25) is 5.02 Å². The third kappa shape index (κ3) is 5.24. The normalized spacial score (nSPS) is 25.1. The van der Waals surface area contributed by atoms with Gasteiger partial charge in [-0.15, -0.1) is 11.8 Å². The summed E-state index contributed by atoms with van der Waals surface area (Å²) in [6.45, 7) is 7.35. The molecule has 1 saturated heterocycles. The molecule has 0 unspecified atom stereocenters. The number of pyridine rings is 1. The molecule has 1 atom stereocenters. The molecular formula is C27H34ClN3O5S. The van der Waals surface area contributed by atoms with Crippen molar-refractivity contribution in [2.45, 2.75) is 75.8 Å². The first-order valence-corrected chi connectivity index (χ1v) is 14.4. The number of fused-ring (bicyclic) bond motifs is 1. The van der Waals surface area contributed by atoms with Crippen LogP contribution in [0.4, 0.5) is 0 Å². The van der Waals surface area contributed by atoms with Crippen molar-refractivity contribution < 1.29 is 19.0 Å². The number of ether oxygens (including phenoxy) is 3. The molecule has 5 rings (SSSR count). The van der Waals surface area contributed by atoms with E-state index in [1.165, 1.54) is 11.8 Å². The highest BCUT2D eigenvalue weighted by Gasteiger charge is 2.47. The number of carbonyl (C=O) groups excluding carboxylic acids is 1. The molecule has 2 fully saturated rings. The van der Waals surface area contributed by atoms with E-state index in [0.717, 1.165) is 49.5 Å². The van der Waals surface area contributed by atoms with Crippen molar-refractivity contribution >= 4 is 29.3 Å². The SMILES string of the molecule is CSc1cc(C)[nH]c(=O)c1CNC(=O)c1cc(Cl)c2c(c1C)O[C@](C)([C@H]1CC[C@@H](NC3COC3)CC1)O2. The maximum Gasteiger partial charge on any atom is 0.254 e. The Morgan fingerprint density at radius 2 is 1.84 bits per heavy atom. The summed E-state index contributed by atoms with van der Waals surface area (Å²) in [6.07, 6.45) is 5.96. The van der Waals surface area contributed by atoms with Gasteiger partial charge in [0, 0.05) is 52.7 Å². The van der Waals surface area contributed by atoms with E-state index in [1.54, 1.807) is 6.07 Å². The first kappa shape index (κ1) is 26.4. The highest BCUT2D eigenvalue weighted by Crippen LogP contribution is 2.51. The minimum Gasteiger partial charge on any atom is -0.448 e. The van der Waals surface area contributed by atoms with Gasteiger partial charge < -0.3 is 29.8 Å². The number of benzene rings is 1. The molecule has 0 spiro atoms. The van der Waals surface area contributed by atoms with Gasteiger partial charge in [0.05, 0.1) is 24.3 Å². The molecule has 1 aromatic carbocycles. The molecule has 1 saturated carbocycles. The van der Waals surface area contributed by atoms with Gasteiger partial charge in [0.15, 0.2) is 11.5 Å². The second-order valence-corrected chi connectivity index (χ2v) is 11.6. The Kier molecular flexibility index (Phi) is 7.51. The summed E-state index contributed by atoms with van der Waals surface area (Å²) < 4.78 is 18.0. The van der Waals surface area contributed by atoms with Crippen molar-refractivity contribution in [3.63, 3.8) is 0 Å². The summed E-state index contributed by atoms with van der Waals surface area (Å²) in [7, 11) is 0. The predicted molar refractivity (Wildman–Crippen MR) is 144 cm³/mol. The first-order chi connectivity index (χ1) is 17.7. The largest absolute Gasteiger partial charge is 0.448 e. The summed E-state index contributed by atoms with van der Waals surface area (Å²) >= 11 is 8.08. The Hall–Kier alpha value is -2.20. The number of amides is 1. The summed E-state index contributed by atoms with van der Waals surface area (Å²) in [5.41, 5.74) is 2.18. The molecule has 200 valence electrons. The average Bonchev–Trinajstić information content (AvgIpc) is 3.22. The van der Waals surface area contributed by atoms with E-state index in [0.29, 0.717) is 45.3 Å². The number of thioether (sulfide) groups is 1. The third-order valence-corrected chi connectivity index (χ3v) is 8.83. The van der Waals surface area contributed by atoms with Gasteiger partial charge in [0.1, 0.15) is 0 Å². The Balaban J connectivity index is 1.28. The summed E-state index contributed by atoms with van der Waals surface area (Å²) in [5.74, 6) is 0.0630. The van der Waals surface area contributed by atoms with Gasteiger partial charge in [-0.1, -0.05) is 11.6 Å². The number of aromatic amines is 1. The lowest BCUT2D eigenvalue weighted by Gasteiger charge is -2.39. The first-order valence-electron chi connectivity index (χ1n) is 12.8. The molecule has 37 heavy (non-hydrogen) atoms. The molecule has 2 aromatic rings. The van der Waals surface area contributed by atoms with Gasteiger partial charge in [-0.25, -0.2) is 0 Å². The Morgan fingerprint density at radius 3 is 2.49 bits per heavy atom. The van der Waals surface area contributed by atoms with Gasteiger partial charge in [0.25, 0.3) is 17.3 Å². The van der Waals surface area contributed by atoms with Gasteiger partial charge in [-0.05, 0) is 57.9 Å². The molecule has 1 amide bonds. The van der Waals surface area contributed by atoms with Crippen LogP contribution in [0.25, 0.3) is 0 Å². The van der Waals surface area contributed by atoms with Crippen LogP contribution < -0.4 is 25.7 Å². The number of hydrogen-bond acceptors (Lipinski definition) is 7. The minimum absolute atomic E-state index is 0.109. The molecule has 3 aliphatic rings. The van der Waals surface area contributed by atoms with Crippen LogP contribution in [-0.4, -0.2) is 48.2 Å². The highest BCUT2D eigenvalue weighted by molar-refractivity contribution is 7.98. The van der Waals surface area contributed by atoms with Crippen molar-refractivity contribution in [1.29, 1.82) is 0 Å².